The summed E-state index contributed by atoms with van der Waals surface area (Å²) in [5.74, 6) is 0.142. The van der Waals surface area contributed by atoms with Crippen LogP contribution in [0, 0.1) is 0 Å². The van der Waals surface area contributed by atoms with Gasteiger partial charge in [-0.15, -0.1) is 0 Å². The summed E-state index contributed by atoms with van der Waals surface area (Å²) < 4.78 is 0. The van der Waals surface area contributed by atoms with Crippen LogP contribution in [0.5, 0.6) is 0 Å². The average Bonchev–Trinajstić information content (AvgIpc) is 2.50. The summed E-state index contributed by atoms with van der Waals surface area (Å²) in [7, 11) is 0. The number of hydrogen-bond donors (Lipinski definition) is 2. The zero-order chi connectivity index (χ0) is 12.1. The van der Waals surface area contributed by atoms with Crippen molar-refractivity contribution in [2.75, 3.05) is 13.1 Å². The number of amides is 1. The summed E-state index contributed by atoms with van der Waals surface area (Å²) in [6.45, 7) is 7.38. The Hall–Kier alpha value is -0.610. The maximum atomic E-state index is 11.9. The van der Waals surface area contributed by atoms with Crippen LogP contribution in [0.2, 0.25) is 0 Å². The molecule has 2 atom stereocenters. The third-order valence-electron chi connectivity index (χ3n) is 2.89. The molecule has 4 heteroatoms. The molecule has 0 bridgehead atoms. The maximum absolute atomic E-state index is 11.9. The summed E-state index contributed by atoms with van der Waals surface area (Å²) in [5.41, 5.74) is 0. The van der Waals surface area contributed by atoms with Crippen LogP contribution in [0.1, 0.15) is 40.0 Å². The molecule has 94 valence electrons. The van der Waals surface area contributed by atoms with Gasteiger partial charge >= 0.3 is 0 Å². The molecule has 0 aliphatic carbocycles. The first-order chi connectivity index (χ1) is 7.54. The number of hydrogen-bond acceptors (Lipinski definition) is 3. The number of β-amino-alcohol motifs (C(OH)–C–C–N with tert-alkyl or cyclic N) is 1. The van der Waals surface area contributed by atoms with Crippen LogP contribution in [0.15, 0.2) is 0 Å². The van der Waals surface area contributed by atoms with E-state index in [1.807, 2.05) is 20.8 Å². The van der Waals surface area contributed by atoms with Crippen LogP contribution in [0.4, 0.5) is 0 Å². The Kier molecular flexibility index (Phi) is 5.22. The number of nitrogens with one attached hydrogen (secondary N) is 1. The van der Waals surface area contributed by atoms with Crippen molar-refractivity contribution in [1.82, 2.24) is 10.2 Å². The molecule has 1 heterocycles. The lowest BCUT2D eigenvalue weighted by atomic mass is 10.2. The first-order valence-electron chi connectivity index (χ1n) is 6.27. The minimum absolute atomic E-state index is 0.0474. The van der Waals surface area contributed by atoms with E-state index in [9.17, 15) is 9.90 Å². The SMILES string of the molecule is CCCC(O)CN1CCC(NC(C)C)C1=O. The molecule has 16 heavy (non-hydrogen) atoms. The molecule has 2 unspecified atom stereocenters. The monoisotopic (exact) mass is 228 g/mol. The van der Waals surface area contributed by atoms with E-state index in [1.165, 1.54) is 0 Å². The molecule has 2 N–H and O–H groups in total. The molecular formula is C12H24N2O2. The molecule has 0 saturated carbocycles. The fraction of sp³-hybridized carbons (Fsp3) is 0.917. The highest BCUT2D eigenvalue weighted by atomic mass is 16.3. The van der Waals surface area contributed by atoms with Gasteiger partial charge in [-0.3, -0.25) is 4.79 Å². The standard InChI is InChI=1S/C12H24N2O2/c1-4-5-10(15)8-14-7-6-11(12(14)16)13-9(2)3/h9-11,13,15H,4-8H2,1-3H3. The van der Waals surface area contributed by atoms with E-state index in [0.717, 1.165) is 25.8 Å². The van der Waals surface area contributed by atoms with Gasteiger partial charge in [0.1, 0.15) is 0 Å². The Morgan fingerprint density at radius 1 is 1.56 bits per heavy atom. The summed E-state index contributed by atoms with van der Waals surface area (Å²) >= 11 is 0. The Morgan fingerprint density at radius 3 is 2.81 bits per heavy atom. The second-order valence-electron chi connectivity index (χ2n) is 4.89. The molecule has 0 radical (unpaired) electrons. The topological polar surface area (TPSA) is 52.6 Å². The number of likely N-dealkylation sites (tertiary alicyclic amines) is 1. The first kappa shape index (κ1) is 13.5. The number of nitrogens with zero attached hydrogens (tertiary/aromatic N) is 1. The van der Waals surface area contributed by atoms with Gasteiger partial charge in [0.25, 0.3) is 0 Å². The maximum Gasteiger partial charge on any atom is 0.239 e. The van der Waals surface area contributed by atoms with E-state index in [0.29, 0.717) is 12.6 Å². The van der Waals surface area contributed by atoms with Crippen molar-refractivity contribution in [2.24, 2.45) is 0 Å². The molecule has 0 aromatic carbocycles. The van der Waals surface area contributed by atoms with Crippen molar-refractivity contribution in [3.8, 4) is 0 Å². The zero-order valence-electron chi connectivity index (χ0n) is 10.6. The van der Waals surface area contributed by atoms with Crippen LogP contribution >= 0.6 is 0 Å². The molecule has 1 saturated heterocycles. The van der Waals surface area contributed by atoms with Gasteiger partial charge in [-0.05, 0) is 12.8 Å². The number of carbonyl (C=O) groups excluding carboxylic acids is 1. The van der Waals surface area contributed by atoms with E-state index >= 15 is 0 Å². The lowest BCUT2D eigenvalue weighted by Gasteiger charge is -2.21. The van der Waals surface area contributed by atoms with Gasteiger partial charge in [0.2, 0.25) is 5.91 Å². The van der Waals surface area contributed by atoms with Crippen molar-refractivity contribution in [1.29, 1.82) is 0 Å². The smallest absolute Gasteiger partial charge is 0.239 e. The van der Waals surface area contributed by atoms with E-state index in [2.05, 4.69) is 5.32 Å². The van der Waals surface area contributed by atoms with Crippen LogP contribution < -0.4 is 5.32 Å². The number of rotatable bonds is 6. The lowest BCUT2D eigenvalue weighted by molar-refractivity contribution is -0.130. The van der Waals surface area contributed by atoms with Gasteiger partial charge in [-0.25, -0.2) is 0 Å². The largest absolute Gasteiger partial charge is 0.391 e. The highest BCUT2D eigenvalue weighted by Gasteiger charge is 2.32. The second kappa shape index (κ2) is 6.21. The van der Waals surface area contributed by atoms with E-state index in [-0.39, 0.29) is 18.1 Å². The van der Waals surface area contributed by atoms with Crippen molar-refractivity contribution < 1.29 is 9.90 Å². The number of carbonyl (C=O) groups is 1. The van der Waals surface area contributed by atoms with Crippen molar-refractivity contribution in [3.05, 3.63) is 0 Å². The Balaban J connectivity index is 2.38. The molecule has 1 fully saturated rings. The van der Waals surface area contributed by atoms with Crippen LogP contribution in [-0.4, -0.2) is 47.2 Å². The van der Waals surface area contributed by atoms with E-state index in [4.69, 9.17) is 0 Å². The summed E-state index contributed by atoms with van der Waals surface area (Å²) in [6, 6.07) is 0.281. The fourth-order valence-corrected chi connectivity index (χ4v) is 2.16. The summed E-state index contributed by atoms with van der Waals surface area (Å²) in [5, 5.41) is 12.9. The van der Waals surface area contributed by atoms with Gasteiger partial charge in [0.05, 0.1) is 12.1 Å². The van der Waals surface area contributed by atoms with Gasteiger partial charge in [0, 0.05) is 19.1 Å². The predicted octanol–water partition coefficient (Wildman–Crippen LogP) is 0.746. The number of aliphatic hydroxyl groups excluding tert-OH is 1. The highest BCUT2D eigenvalue weighted by Crippen LogP contribution is 2.13. The van der Waals surface area contributed by atoms with Gasteiger partial charge in [0.15, 0.2) is 0 Å². The number of aliphatic hydroxyl groups is 1. The molecule has 0 aromatic heterocycles. The van der Waals surface area contributed by atoms with E-state index in [1.54, 1.807) is 4.90 Å². The van der Waals surface area contributed by atoms with Crippen LogP contribution in [-0.2, 0) is 4.79 Å². The third kappa shape index (κ3) is 3.76. The molecular weight excluding hydrogens is 204 g/mol. The molecule has 4 nitrogen and oxygen atoms in total. The third-order valence-corrected chi connectivity index (χ3v) is 2.89. The lowest BCUT2D eigenvalue weighted by Crippen LogP contribution is -2.43. The minimum atomic E-state index is -0.369. The Labute approximate surface area is 98.0 Å². The van der Waals surface area contributed by atoms with Crippen molar-refractivity contribution in [3.63, 3.8) is 0 Å². The van der Waals surface area contributed by atoms with Gasteiger partial charge in [-0.1, -0.05) is 27.2 Å². The van der Waals surface area contributed by atoms with Crippen molar-refractivity contribution in [2.45, 2.75) is 58.2 Å². The predicted molar refractivity (Wildman–Crippen MR) is 64.2 cm³/mol. The molecule has 1 aliphatic rings. The fourth-order valence-electron chi connectivity index (χ4n) is 2.16. The van der Waals surface area contributed by atoms with Crippen molar-refractivity contribution >= 4 is 5.91 Å². The van der Waals surface area contributed by atoms with Crippen LogP contribution in [0.25, 0.3) is 0 Å². The van der Waals surface area contributed by atoms with Crippen LogP contribution in [0.3, 0.4) is 0 Å². The van der Waals surface area contributed by atoms with Gasteiger partial charge in [-0.2, -0.15) is 0 Å². The quantitative estimate of drug-likeness (QED) is 0.705. The molecule has 1 rings (SSSR count). The molecule has 1 amide bonds. The first-order valence-corrected chi connectivity index (χ1v) is 6.27. The Bertz CT molecular complexity index is 231. The molecule has 1 aliphatic heterocycles. The summed E-state index contributed by atoms with van der Waals surface area (Å²) in [4.78, 5) is 13.7. The second-order valence-corrected chi connectivity index (χ2v) is 4.89. The summed E-state index contributed by atoms with van der Waals surface area (Å²) in [6.07, 6.45) is 2.21. The van der Waals surface area contributed by atoms with Gasteiger partial charge < -0.3 is 15.3 Å². The average molecular weight is 228 g/mol. The molecule has 0 aromatic rings. The van der Waals surface area contributed by atoms with E-state index < -0.39 is 0 Å². The highest BCUT2D eigenvalue weighted by molar-refractivity contribution is 5.84. The normalized spacial score (nSPS) is 23.2. The minimum Gasteiger partial charge on any atom is -0.391 e. The zero-order valence-corrected chi connectivity index (χ0v) is 10.6. The Morgan fingerprint density at radius 2 is 2.25 bits per heavy atom. The molecule has 0 spiro atoms.